The molecule has 2 aromatic carbocycles. The number of aliphatic hydroxyl groups excluding tert-OH is 2. The van der Waals surface area contributed by atoms with E-state index in [-0.39, 0.29) is 18.5 Å². The Kier molecular flexibility index (Phi) is 7.70. The largest absolute Gasteiger partial charge is 0.394 e. The maximum Gasteiger partial charge on any atom is 0.243 e. The number of hydrogen-bond acceptors (Lipinski definition) is 5. The molecule has 7 nitrogen and oxygen atoms in total. The predicted molar refractivity (Wildman–Crippen MR) is 123 cm³/mol. The average Bonchev–Trinajstić information content (AvgIpc) is 3.18. The molecule has 1 fully saturated rings. The zero-order valence-corrected chi connectivity index (χ0v) is 19.5. The van der Waals surface area contributed by atoms with Gasteiger partial charge in [0.2, 0.25) is 11.8 Å². The van der Waals surface area contributed by atoms with Crippen molar-refractivity contribution in [3.05, 3.63) is 59.7 Å². The van der Waals surface area contributed by atoms with Crippen molar-refractivity contribution in [2.75, 3.05) is 13.2 Å². The SMILES string of the molecule is CC(C)(C)[C@H](N)C(=O)N1C[C@H](O)C[C@H]1C(=O)N[C@@H](CO)c1ccc(-c2c(F)cccc2F)cc1. The third kappa shape index (κ3) is 5.43. The monoisotopic (exact) mass is 475 g/mol. The standard InChI is InChI=1S/C25H31F2N3O4/c1-25(2,3)22(28)24(34)30-12-16(32)11-20(30)23(33)29-19(13-31)14-7-9-15(10-8-14)21-17(26)5-4-6-18(21)27/h4-10,16,19-20,22,31-32H,11-13,28H2,1-3H3,(H,29,33)/t16-,19+,20+,22-/m1/s1. The van der Waals surface area contributed by atoms with Crippen molar-refractivity contribution in [3.63, 3.8) is 0 Å². The van der Waals surface area contributed by atoms with Gasteiger partial charge >= 0.3 is 0 Å². The summed E-state index contributed by atoms with van der Waals surface area (Å²) in [5, 5.41) is 22.7. The maximum atomic E-state index is 14.1. The summed E-state index contributed by atoms with van der Waals surface area (Å²) in [5.41, 5.74) is 6.22. The molecule has 0 aromatic heterocycles. The van der Waals surface area contributed by atoms with Crippen LogP contribution in [0.1, 0.15) is 38.8 Å². The quantitative estimate of drug-likeness (QED) is 0.511. The molecule has 0 bridgehead atoms. The highest BCUT2D eigenvalue weighted by Crippen LogP contribution is 2.28. The molecule has 1 aliphatic rings. The second-order valence-electron chi connectivity index (χ2n) is 9.70. The van der Waals surface area contributed by atoms with Gasteiger partial charge in [-0.3, -0.25) is 9.59 Å². The number of carbonyl (C=O) groups excluding carboxylic acids is 2. The number of rotatable bonds is 6. The first-order valence-electron chi connectivity index (χ1n) is 11.1. The van der Waals surface area contributed by atoms with Crippen LogP contribution in [-0.2, 0) is 9.59 Å². The van der Waals surface area contributed by atoms with Gasteiger partial charge in [0.05, 0.1) is 30.4 Å². The molecule has 34 heavy (non-hydrogen) atoms. The van der Waals surface area contributed by atoms with E-state index in [0.29, 0.717) is 11.1 Å². The third-order valence-corrected chi connectivity index (χ3v) is 6.13. The number of nitrogens with two attached hydrogens (primary N) is 1. The maximum absolute atomic E-state index is 14.1. The fraction of sp³-hybridized carbons (Fsp3) is 0.440. The van der Waals surface area contributed by atoms with Crippen molar-refractivity contribution < 1.29 is 28.6 Å². The van der Waals surface area contributed by atoms with Crippen LogP contribution in [0.3, 0.4) is 0 Å². The van der Waals surface area contributed by atoms with Crippen LogP contribution in [0.15, 0.2) is 42.5 Å². The fourth-order valence-electron chi connectivity index (χ4n) is 4.01. The number of hydrogen-bond donors (Lipinski definition) is 4. The van der Waals surface area contributed by atoms with Crippen LogP contribution < -0.4 is 11.1 Å². The molecule has 3 rings (SSSR count). The minimum absolute atomic E-state index is 0.00656. The number of halogens is 2. The number of amides is 2. The van der Waals surface area contributed by atoms with Crippen LogP contribution in [0, 0.1) is 17.0 Å². The summed E-state index contributed by atoms with van der Waals surface area (Å²) in [6, 6.07) is 7.13. The van der Waals surface area contributed by atoms with Crippen LogP contribution in [0.25, 0.3) is 11.1 Å². The number of benzene rings is 2. The molecule has 1 aliphatic heterocycles. The van der Waals surface area contributed by atoms with Gasteiger partial charge in [-0.15, -0.1) is 0 Å². The molecular weight excluding hydrogens is 444 g/mol. The highest BCUT2D eigenvalue weighted by Gasteiger charge is 2.43. The molecule has 0 radical (unpaired) electrons. The number of nitrogens with zero attached hydrogens (tertiary/aromatic N) is 1. The van der Waals surface area contributed by atoms with Gasteiger partial charge in [0.1, 0.15) is 17.7 Å². The van der Waals surface area contributed by atoms with Crippen LogP contribution in [0.5, 0.6) is 0 Å². The second-order valence-corrected chi connectivity index (χ2v) is 9.70. The molecule has 0 spiro atoms. The Bertz CT molecular complexity index is 1020. The Morgan fingerprint density at radius 3 is 2.26 bits per heavy atom. The van der Waals surface area contributed by atoms with E-state index in [0.717, 1.165) is 12.1 Å². The van der Waals surface area contributed by atoms with E-state index in [4.69, 9.17) is 5.73 Å². The zero-order chi connectivity index (χ0) is 25.2. The van der Waals surface area contributed by atoms with E-state index in [1.165, 1.54) is 23.1 Å². The summed E-state index contributed by atoms with van der Waals surface area (Å²) in [7, 11) is 0. The first kappa shape index (κ1) is 25.7. The van der Waals surface area contributed by atoms with Crippen LogP contribution in [0.2, 0.25) is 0 Å². The lowest BCUT2D eigenvalue weighted by Crippen LogP contribution is -2.55. The number of aliphatic hydroxyl groups is 2. The van der Waals surface area contributed by atoms with E-state index in [1.807, 2.05) is 20.8 Å². The molecule has 184 valence electrons. The summed E-state index contributed by atoms with van der Waals surface area (Å²) >= 11 is 0. The van der Waals surface area contributed by atoms with E-state index < -0.39 is 59.7 Å². The van der Waals surface area contributed by atoms with E-state index in [2.05, 4.69) is 5.32 Å². The Hall–Kier alpha value is -2.88. The van der Waals surface area contributed by atoms with Gasteiger partial charge < -0.3 is 26.2 Å². The fourth-order valence-corrected chi connectivity index (χ4v) is 4.01. The average molecular weight is 476 g/mol. The topological polar surface area (TPSA) is 116 Å². The molecule has 1 saturated heterocycles. The molecule has 9 heteroatoms. The van der Waals surface area contributed by atoms with E-state index in [9.17, 15) is 28.6 Å². The van der Waals surface area contributed by atoms with Crippen LogP contribution in [0.4, 0.5) is 8.78 Å². The number of carbonyl (C=O) groups is 2. The number of β-amino-alcohol motifs (C(OH)–C–C–N with tert-alkyl or cyclic N) is 1. The summed E-state index contributed by atoms with van der Waals surface area (Å²) in [6.07, 6.45) is -0.813. The predicted octanol–water partition coefficient (Wildman–Crippen LogP) is 2.12. The number of likely N-dealkylation sites (tertiary alicyclic amines) is 1. The third-order valence-electron chi connectivity index (χ3n) is 6.13. The van der Waals surface area contributed by atoms with Gasteiger partial charge in [-0.25, -0.2) is 8.78 Å². The molecular formula is C25H31F2N3O4. The lowest BCUT2D eigenvalue weighted by atomic mass is 9.86. The van der Waals surface area contributed by atoms with Crippen molar-refractivity contribution in [1.82, 2.24) is 10.2 Å². The summed E-state index contributed by atoms with van der Waals surface area (Å²) < 4.78 is 28.1. The summed E-state index contributed by atoms with van der Waals surface area (Å²) in [6.45, 7) is 5.00. The minimum atomic E-state index is -0.934. The molecule has 0 unspecified atom stereocenters. The van der Waals surface area contributed by atoms with Gasteiger partial charge in [0.15, 0.2) is 0 Å². The summed E-state index contributed by atoms with van der Waals surface area (Å²) in [5.74, 6) is -2.36. The Balaban J connectivity index is 1.76. The Morgan fingerprint density at radius 2 is 1.74 bits per heavy atom. The lowest BCUT2D eigenvalue weighted by Gasteiger charge is -2.33. The van der Waals surface area contributed by atoms with Gasteiger partial charge in [0.25, 0.3) is 0 Å². The van der Waals surface area contributed by atoms with Crippen LogP contribution >= 0.6 is 0 Å². The van der Waals surface area contributed by atoms with Gasteiger partial charge in [-0.05, 0) is 28.7 Å². The molecule has 1 heterocycles. The van der Waals surface area contributed by atoms with E-state index in [1.54, 1.807) is 12.1 Å². The normalized spacial score (nSPS) is 20.2. The molecule has 2 amide bonds. The van der Waals surface area contributed by atoms with Crippen molar-refractivity contribution in [1.29, 1.82) is 0 Å². The Morgan fingerprint density at radius 1 is 1.15 bits per heavy atom. The van der Waals surface area contributed by atoms with Crippen LogP contribution in [-0.4, -0.2) is 58.3 Å². The lowest BCUT2D eigenvalue weighted by molar-refractivity contribution is -0.141. The molecule has 4 atom stereocenters. The summed E-state index contributed by atoms with van der Waals surface area (Å²) in [4.78, 5) is 27.2. The molecule has 5 N–H and O–H groups in total. The minimum Gasteiger partial charge on any atom is -0.394 e. The van der Waals surface area contributed by atoms with Gasteiger partial charge in [-0.1, -0.05) is 51.1 Å². The smallest absolute Gasteiger partial charge is 0.243 e. The molecule has 2 aromatic rings. The second kappa shape index (κ2) is 10.2. The first-order chi connectivity index (χ1) is 15.9. The molecule has 0 aliphatic carbocycles. The van der Waals surface area contributed by atoms with Crippen molar-refractivity contribution in [2.45, 2.75) is 51.4 Å². The van der Waals surface area contributed by atoms with Gasteiger partial charge in [0, 0.05) is 13.0 Å². The van der Waals surface area contributed by atoms with Crippen molar-refractivity contribution >= 4 is 11.8 Å². The van der Waals surface area contributed by atoms with Crippen molar-refractivity contribution in [3.8, 4) is 11.1 Å². The van der Waals surface area contributed by atoms with Gasteiger partial charge in [-0.2, -0.15) is 0 Å². The zero-order valence-electron chi connectivity index (χ0n) is 19.5. The Labute approximate surface area is 197 Å². The highest BCUT2D eigenvalue weighted by molar-refractivity contribution is 5.91. The van der Waals surface area contributed by atoms with Crippen molar-refractivity contribution in [2.24, 2.45) is 11.1 Å². The van der Waals surface area contributed by atoms with E-state index >= 15 is 0 Å². The highest BCUT2D eigenvalue weighted by atomic mass is 19.1. The first-order valence-corrected chi connectivity index (χ1v) is 11.1. The number of nitrogens with one attached hydrogen (secondary N) is 1. The molecule has 0 saturated carbocycles.